The zero-order valence-electron chi connectivity index (χ0n) is 4.26. The Hall–Kier alpha value is 0.440. The van der Waals surface area contributed by atoms with Crippen molar-refractivity contribution in [2.24, 2.45) is 0 Å². The minimum absolute atomic E-state index is 0.508. The molecule has 0 aliphatic carbocycles. The van der Waals surface area contributed by atoms with E-state index in [1.54, 1.807) is 0 Å². The van der Waals surface area contributed by atoms with E-state index in [4.69, 9.17) is 11.2 Å². The van der Waals surface area contributed by atoms with Crippen molar-refractivity contribution >= 4 is 18.1 Å². The van der Waals surface area contributed by atoms with Crippen LogP contribution in [0.15, 0.2) is 0 Å². The van der Waals surface area contributed by atoms with E-state index in [-0.39, 0.29) is 0 Å². The van der Waals surface area contributed by atoms with Gasteiger partial charge in [0.15, 0.2) is 0 Å². The summed E-state index contributed by atoms with van der Waals surface area (Å²) in [4.78, 5) is 0. The Morgan fingerprint density at radius 2 is 2.50 bits per heavy atom. The molecule has 1 heterocycles. The summed E-state index contributed by atoms with van der Waals surface area (Å²) in [5, 5.41) is 2.56. The lowest BCUT2D eigenvalue weighted by molar-refractivity contribution is 0.289. The average molecular weight is 156 g/mol. The second-order valence-electron chi connectivity index (χ2n) is 1.57. The van der Waals surface area contributed by atoms with Crippen molar-refractivity contribution in [3.05, 3.63) is 0 Å². The molecule has 48 valence electrons. The van der Waals surface area contributed by atoms with Crippen LogP contribution in [-0.2, 0) is 9.09 Å². The van der Waals surface area contributed by atoms with Crippen LogP contribution in [0.1, 0.15) is 6.42 Å². The lowest BCUT2D eigenvalue weighted by atomic mass is 10.5. The number of halogens is 1. The summed E-state index contributed by atoms with van der Waals surface area (Å²) in [5.41, 5.74) is 0. The largest absolute Gasteiger partial charge is 0.360 e. The van der Waals surface area contributed by atoms with E-state index in [9.17, 15) is 4.57 Å². The van der Waals surface area contributed by atoms with Crippen LogP contribution >= 0.6 is 18.1 Å². The summed E-state index contributed by atoms with van der Waals surface area (Å²) in [5.74, 6) is 0. The standard InChI is InChI=1S/C3H7ClNO2P/c4-8(6)5-2-1-3-7-8/h1-3H2,(H,5,6). The summed E-state index contributed by atoms with van der Waals surface area (Å²) >= 11 is 5.29. The Labute approximate surface area is 52.7 Å². The molecule has 8 heavy (non-hydrogen) atoms. The molecule has 1 N–H and O–H groups in total. The van der Waals surface area contributed by atoms with Crippen molar-refractivity contribution in [2.45, 2.75) is 6.42 Å². The van der Waals surface area contributed by atoms with Gasteiger partial charge in [0.25, 0.3) is 0 Å². The predicted molar refractivity (Wildman–Crippen MR) is 32.0 cm³/mol. The molecule has 1 atom stereocenters. The number of hydrogen-bond acceptors (Lipinski definition) is 2. The molecule has 0 aromatic rings. The molecule has 0 aromatic carbocycles. The average Bonchev–Trinajstić information content (AvgIpc) is 1.65. The second kappa shape index (κ2) is 2.36. The van der Waals surface area contributed by atoms with Crippen LogP contribution in [-0.4, -0.2) is 13.2 Å². The van der Waals surface area contributed by atoms with Crippen LogP contribution in [0.5, 0.6) is 0 Å². The van der Waals surface area contributed by atoms with Gasteiger partial charge in [-0.25, -0.2) is 5.09 Å². The maximum absolute atomic E-state index is 10.7. The highest BCUT2D eigenvalue weighted by Gasteiger charge is 2.21. The summed E-state index contributed by atoms with van der Waals surface area (Å²) in [7, 11) is 0. The van der Waals surface area contributed by atoms with Crippen LogP contribution in [0.2, 0.25) is 0 Å². The third-order valence-corrected chi connectivity index (χ3v) is 2.65. The lowest BCUT2D eigenvalue weighted by Crippen LogP contribution is -2.18. The van der Waals surface area contributed by atoms with Gasteiger partial charge in [0.1, 0.15) is 0 Å². The molecular weight excluding hydrogens is 148 g/mol. The lowest BCUT2D eigenvalue weighted by Gasteiger charge is -2.17. The maximum Gasteiger partial charge on any atom is 0.360 e. The zero-order valence-corrected chi connectivity index (χ0v) is 5.91. The van der Waals surface area contributed by atoms with E-state index in [1.165, 1.54) is 0 Å². The molecule has 0 bridgehead atoms. The Bertz CT molecular complexity index is 118. The highest BCUT2D eigenvalue weighted by Crippen LogP contribution is 2.49. The van der Waals surface area contributed by atoms with Crippen LogP contribution in [0, 0.1) is 0 Å². The van der Waals surface area contributed by atoms with E-state index < -0.39 is 6.87 Å². The SMILES string of the molecule is O=P1(Cl)NCCCO1. The van der Waals surface area contributed by atoms with Gasteiger partial charge in [-0.3, -0.25) is 4.57 Å². The van der Waals surface area contributed by atoms with Gasteiger partial charge in [-0.15, -0.1) is 0 Å². The van der Waals surface area contributed by atoms with E-state index in [0.29, 0.717) is 13.2 Å². The molecule has 0 amide bonds. The van der Waals surface area contributed by atoms with Gasteiger partial charge in [-0.2, -0.15) is 0 Å². The molecule has 1 saturated heterocycles. The predicted octanol–water partition coefficient (Wildman–Crippen LogP) is 1.34. The summed E-state index contributed by atoms with van der Waals surface area (Å²) in [6, 6.07) is 0. The second-order valence-corrected chi connectivity index (χ2v) is 4.44. The third-order valence-electron chi connectivity index (χ3n) is 0.879. The molecule has 5 heteroatoms. The minimum atomic E-state index is -2.86. The highest BCUT2D eigenvalue weighted by atomic mass is 35.7. The van der Waals surface area contributed by atoms with E-state index in [0.717, 1.165) is 6.42 Å². The van der Waals surface area contributed by atoms with Crippen molar-refractivity contribution < 1.29 is 9.09 Å². The van der Waals surface area contributed by atoms with E-state index in [2.05, 4.69) is 9.61 Å². The van der Waals surface area contributed by atoms with Gasteiger partial charge >= 0.3 is 6.87 Å². The van der Waals surface area contributed by atoms with Gasteiger partial charge in [0, 0.05) is 6.54 Å². The Morgan fingerprint density at radius 1 is 1.75 bits per heavy atom. The summed E-state index contributed by atoms with van der Waals surface area (Å²) < 4.78 is 15.3. The Morgan fingerprint density at radius 3 is 2.75 bits per heavy atom. The minimum Gasteiger partial charge on any atom is -0.306 e. The van der Waals surface area contributed by atoms with Gasteiger partial charge in [-0.05, 0) is 17.7 Å². The van der Waals surface area contributed by atoms with Crippen molar-refractivity contribution in [2.75, 3.05) is 13.2 Å². The molecule has 1 aliphatic rings. The third kappa shape index (κ3) is 1.75. The van der Waals surface area contributed by atoms with Crippen LogP contribution in [0.4, 0.5) is 0 Å². The molecule has 1 aliphatic heterocycles. The monoisotopic (exact) mass is 155 g/mol. The summed E-state index contributed by atoms with van der Waals surface area (Å²) in [6.45, 7) is -1.66. The van der Waals surface area contributed by atoms with Crippen molar-refractivity contribution in [3.8, 4) is 0 Å². The molecule has 0 saturated carbocycles. The van der Waals surface area contributed by atoms with Crippen molar-refractivity contribution in [1.29, 1.82) is 0 Å². The van der Waals surface area contributed by atoms with Gasteiger partial charge in [0.2, 0.25) is 0 Å². The van der Waals surface area contributed by atoms with E-state index >= 15 is 0 Å². The first-order valence-electron chi connectivity index (χ1n) is 2.40. The first-order valence-corrected chi connectivity index (χ1v) is 4.93. The fourth-order valence-corrected chi connectivity index (χ4v) is 1.85. The highest BCUT2D eigenvalue weighted by molar-refractivity contribution is 7.83. The molecule has 1 unspecified atom stereocenters. The molecule has 0 radical (unpaired) electrons. The fourth-order valence-electron chi connectivity index (χ4n) is 0.512. The molecule has 0 aromatic heterocycles. The molecule has 3 nitrogen and oxygen atoms in total. The molecular formula is C3H7ClNO2P. The Kier molecular flexibility index (Phi) is 1.93. The molecule has 0 spiro atoms. The van der Waals surface area contributed by atoms with Crippen molar-refractivity contribution in [3.63, 3.8) is 0 Å². The normalized spacial score (nSPS) is 39.6. The topological polar surface area (TPSA) is 38.3 Å². The zero-order chi connectivity index (χ0) is 6.04. The Balaban J connectivity index is 2.45. The fraction of sp³-hybridized carbons (Fsp3) is 1.00. The quantitative estimate of drug-likeness (QED) is 0.537. The van der Waals surface area contributed by atoms with Crippen molar-refractivity contribution in [1.82, 2.24) is 5.09 Å². The van der Waals surface area contributed by atoms with Gasteiger partial charge in [0.05, 0.1) is 6.61 Å². The van der Waals surface area contributed by atoms with Crippen LogP contribution in [0.3, 0.4) is 0 Å². The maximum atomic E-state index is 10.7. The van der Waals surface area contributed by atoms with E-state index in [1.807, 2.05) is 0 Å². The van der Waals surface area contributed by atoms with Gasteiger partial charge < -0.3 is 4.52 Å². The number of hydrogen-bond donors (Lipinski definition) is 1. The smallest absolute Gasteiger partial charge is 0.306 e. The summed E-state index contributed by atoms with van der Waals surface area (Å²) in [6.07, 6.45) is 0.886. The molecule has 1 fully saturated rings. The van der Waals surface area contributed by atoms with Crippen LogP contribution in [0.25, 0.3) is 0 Å². The first-order chi connectivity index (χ1) is 3.71. The number of rotatable bonds is 0. The van der Waals surface area contributed by atoms with Crippen LogP contribution < -0.4 is 5.09 Å². The first kappa shape index (κ1) is 6.56. The number of nitrogens with one attached hydrogen (secondary N) is 1. The van der Waals surface area contributed by atoms with Gasteiger partial charge in [-0.1, -0.05) is 0 Å². The molecule has 1 rings (SSSR count).